The van der Waals surface area contributed by atoms with Crippen molar-refractivity contribution in [3.63, 3.8) is 0 Å². The van der Waals surface area contributed by atoms with Crippen LogP contribution in [0.4, 0.5) is 0 Å². The van der Waals surface area contributed by atoms with Gasteiger partial charge in [0.15, 0.2) is 5.75 Å². The van der Waals surface area contributed by atoms with Crippen molar-refractivity contribution in [1.29, 1.82) is 0 Å². The maximum absolute atomic E-state index is 9.59. The highest BCUT2D eigenvalue weighted by atomic mass is 16.4. The molecular weight excluding hydrogens is 164 g/mol. The molecule has 1 saturated carbocycles. The van der Waals surface area contributed by atoms with Crippen molar-refractivity contribution in [2.45, 2.75) is 44.9 Å². The molecule has 1 heterocycles. The number of rotatable bonds is 1. The van der Waals surface area contributed by atoms with Gasteiger partial charge >= 0.3 is 0 Å². The van der Waals surface area contributed by atoms with E-state index in [2.05, 4.69) is 0 Å². The van der Waals surface area contributed by atoms with Crippen molar-refractivity contribution in [3.05, 3.63) is 17.6 Å². The molecule has 72 valence electrons. The Balaban J connectivity index is 2.18. The van der Waals surface area contributed by atoms with Gasteiger partial charge in [0.1, 0.15) is 11.5 Å². The van der Waals surface area contributed by atoms with E-state index in [9.17, 15) is 5.11 Å². The minimum atomic E-state index is 0.351. The molecular formula is C11H16O2. The van der Waals surface area contributed by atoms with Gasteiger partial charge in [0.2, 0.25) is 0 Å². The summed E-state index contributed by atoms with van der Waals surface area (Å²) in [4.78, 5) is 0. The minimum absolute atomic E-state index is 0.351. The number of aryl methyl sites for hydroxylation is 1. The molecule has 1 N–H and O–H groups in total. The molecule has 0 aliphatic heterocycles. The highest BCUT2D eigenvalue weighted by Gasteiger charge is 2.21. The molecule has 1 aliphatic carbocycles. The molecule has 2 rings (SSSR count). The Labute approximate surface area is 78.6 Å². The lowest BCUT2D eigenvalue weighted by atomic mass is 9.87. The van der Waals surface area contributed by atoms with Gasteiger partial charge in [-0.15, -0.1) is 0 Å². The molecule has 1 aromatic heterocycles. The monoisotopic (exact) mass is 180 g/mol. The van der Waals surface area contributed by atoms with Crippen LogP contribution in [0.25, 0.3) is 0 Å². The Kier molecular flexibility index (Phi) is 2.30. The van der Waals surface area contributed by atoms with Gasteiger partial charge in [-0.1, -0.05) is 19.3 Å². The van der Waals surface area contributed by atoms with E-state index < -0.39 is 0 Å². The van der Waals surface area contributed by atoms with Crippen molar-refractivity contribution < 1.29 is 9.52 Å². The normalized spacial score (nSPS) is 19.2. The Morgan fingerprint density at radius 2 is 2.00 bits per heavy atom. The molecule has 13 heavy (non-hydrogen) atoms. The van der Waals surface area contributed by atoms with E-state index in [1.807, 2.05) is 6.92 Å². The predicted molar refractivity (Wildman–Crippen MR) is 50.9 cm³/mol. The summed E-state index contributed by atoms with van der Waals surface area (Å²) in [5, 5.41) is 9.59. The van der Waals surface area contributed by atoms with Crippen molar-refractivity contribution in [2.24, 2.45) is 0 Å². The minimum Gasteiger partial charge on any atom is -0.504 e. The Bertz CT molecular complexity index is 282. The van der Waals surface area contributed by atoms with E-state index in [0.717, 1.165) is 11.5 Å². The fourth-order valence-corrected chi connectivity index (χ4v) is 2.18. The summed E-state index contributed by atoms with van der Waals surface area (Å²) >= 11 is 0. The zero-order chi connectivity index (χ0) is 9.26. The predicted octanol–water partition coefficient (Wildman–Crippen LogP) is 3.34. The van der Waals surface area contributed by atoms with Crippen LogP contribution in [0.3, 0.4) is 0 Å². The number of furan rings is 1. The van der Waals surface area contributed by atoms with Crippen LogP contribution in [-0.4, -0.2) is 5.11 Å². The number of hydrogen-bond donors (Lipinski definition) is 1. The molecule has 0 bridgehead atoms. The Morgan fingerprint density at radius 3 is 2.54 bits per heavy atom. The molecule has 1 aromatic rings. The van der Waals surface area contributed by atoms with Crippen molar-refractivity contribution in [1.82, 2.24) is 0 Å². The van der Waals surface area contributed by atoms with Crippen LogP contribution in [0, 0.1) is 6.92 Å². The average Bonchev–Trinajstić information content (AvgIpc) is 2.47. The van der Waals surface area contributed by atoms with Crippen LogP contribution < -0.4 is 0 Å². The van der Waals surface area contributed by atoms with E-state index in [1.54, 1.807) is 6.07 Å². The topological polar surface area (TPSA) is 33.4 Å². The van der Waals surface area contributed by atoms with Gasteiger partial charge in [-0.2, -0.15) is 0 Å². The van der Waals surface area contributed by atoms with Gasteiger partial charge in [0, 0.05) is 12.0 Å². The fraction of sp³-hybridized carbons (Fsp3) is 0.636. The molecule has 0 spiro atoms. The lowest BCUT2D eigenvalue weighted by molar-refractivity contribution is 0.345. The third-order valence-corrected chi connectivity index (χ3v) is 2.84. The van der Waals surface area contributed by atoms with Crippen molar-refractivity contribution in [3.8, 4) is 5.75 Å². The first-order valence-corrected chi connectivity index (χ1v) is 5.06. The van der Waals surface area contributed by atoms with Gasteiger partial charge in [0.05, 0.1) is 0 Å². The lowest BCUT2D eigenvalue weighted by Crippen LogP contribution is -2.03. The lowest BCUT2D eigenvalue weighted by Gasteiger charge is -2.19. The number of aromatic hydroxyl groups is 1. The summed E-state index contributed by atoms with van der Waals surface area (Å²) < 4.78 is 5.50. The molecule has 0 atom stereocenters. The highest BCUT2D eigenvalue weighted by molar-refractivity contribution is 5.29. The molecule has 2 nitrogen and oxygen atoms in total. The summed E-state index contributed by atoms with van der Waals surface area (Å²) in [7, 11) is 0. The van der Waals surface area contributed by atoms with Crippen molar-refractivity contribution in [2.75, 3.05) is 0 Å². The third kappa shape index (κ3) is 1.71. The average molecular weight is 180 g/mol. The van der Waals surface area contributed by atoms with Crippen LogP contribution in [0.5, 0.6) is 5.75 Å². The quantitative estimate of drug-likeness (QED) is 0.719. The summed E-state index contributed by atoms with van der Waals surface area (Å²) in [5.41, 5.74) is 0. The van der Waals surface area contributed by atoms with E-state index >= 15 is 0 Å². The molecule has 0 radical (unpaired) electrons. The summed E-state index contributed by atoms with van der Waals surface area (Å²) in [6, 6.07) is 1.71. The molecule has 0 aromatic carbocycles. The van der Waals surface area contributed by atoms with Crippen LogP contribution >= 0.6 is 0 Å². The molecule has 0 unspecified atom stereocenters. The standard InChI is InChI=1S/C11H16O2/c1-8-7-10(12)11(13-8)9-5-3-2-4-6-9/h7,9,12H,2-6H2,1H3. The first-order valence-electron chi connectivity index (χ1n) is 5.06. The van der Waals surface area contributed by atoms with E-state index in [-0.39, 0.29) is 0 Å². The summed E-state index contributed by atoms with van der Waals surface area (Å²) in [5.74, 6) is 2.45. The van der Waals surface area contributed by atoms with Gasteiger partial charge in [-0.05, 0) is 19.8 Å². The first-order chi connectivity index (χ1) is 6.27. The second-order valence-electron chi connectivity index (χ2n) is 3.94. The zero-order valence-electron chi connectivity index (χ0n) is 8.05. The smallest absolute Gasteiger partial charge is 0.157 e. The van der Waals surface area contributed by atoms with Crippen LogP contribution in [0.2, 0.25) is 0 Å². The van der Waals surface area contributed by atoms with E-state index in [1.165, 1.54) is 32.1 Å². The Hall–Kier alpha value is -0.920. The fourth-order valence-electron chi connectivity index (χ4n) is 2.18. The van der Waals surface area contributed by atoms with Gasteiger partial charge in [-0.25, -0.2) is 0 Å². The van der Waals surface area contributed by atoms with Crippen molar-refractivity contribution >= 4 is 0 Å². The third-order valence-electron chi connectivity index (χ3n) is 2.84. The second kappa shape index (κ2) is 3.44. The molecule has 1 fully saturated rings. The van der Waals surface area contributed by atoms with Gasteiger partial charge in [0.25, 0.3) is 0 Å². The summed E-state index contributed by atoms with van der Waals surface area (Å²) in [6.45, 7) is 1.88. The maximum Gasteiger partial charge on any atom is 0.157 e. The molecule has 2 heteroatoms. The SMILES string of the molecule is Cc1cc(O)c(C2CCCCC2)o1. The molecule has 1 aliphatic rings. The highest BCUT2D eigenvalue weighted by Crippen LogP contribution is 2.38. The zero-order valence-corrected chi connectivity index (χ0v) is 8.05. The molecule has 0 amide bonds. The van der Waals surface area contributed by atoms with Gasteiger partial charge in [-0.3, -0.25) is 0 Å². The number of hydrogen-bond acceptors (Lipinski definition) is 2. The largest absolute Gasteiger partial charge is 0.504 e. The summed E-state index contributed by atoms with van der Waals surface area (Å²) in [6.07, 6.45) is 6.20. The van der Waals surface area contributed by atoms with Crippen LogP contribution in [0.15, 0.2) is 10.5 Å². The molecule has 0 saturated heterocycles. The Morgan fingerprint density at radius 1 is 1.31 bits per heavy atom. The first kappa shape index (κ1) is 8.67. The van der Waals surface area contributed by atoms with E-state index in [4.69, 9.17) is 4.42 Å². The van der Waals surface area contributed by atoms with Crippen LogP contribution in [-0.2, 0) is 0 Å². The van der Waals surface area contributed by atoms with Crippen LogP contribution in [0.1, 0.15) is 49.5 Å². The second-order valence-corrected chi connectivity index (χ2v) is 3.94. The van der Waals surface area contributed by atoms with Gasteiger partial charge < -0.3 is 9.52 Å². The van der Waals surface area contributed by atoms with E-state index in [0.29, 0.717) is 11.7 Å². The maximum atomic E-state index is 9.59.